The van der Waals surface area contributed by atoms with E-state index in [0.717, 1.165) is 0 Å². The summed E-state index contributed by atoms with van der Waals surface area (Å²) in [7, 11) is 0. The number of hydrogen-bond donors (Lipinski definition) is 1. The number of rotatable bonds is 2. The molecule has 1 aromatic rings. The van der Waals surface area contributed by atoms with Crippen molar-refractivity contribution in [2.24, 2.45) is 11.7 Å². The first-order valence-electron chi connectivity index (χ1n) is 6.06. The zero-order valence-corrected chi connectivity index (χ0v) is 9.79. The van der Waals surface area contributed by atoms with Crippen LogP contribution in [-0.2, 0) is 12.8 Å². The molecule has 0 fully saturated rings. The molecule has 0 heterocycles. The topological polar surface area (TPSA) is 26.0 Å². The fourth-order valence-corrected chi connectivity index (χ4v) is 2.35. The van der Waals surface area contributed by atoms with E-state index in [1.165, 1.54) is 36.8 Å². The van der Waals surface area contributed by atoms with Gasteiger partial charge in [0.25, 0.3) is 0 Å². The van der Waals surface area contributed by atoms with Crippen molar-refractivity contribution in [3.05, 3.63) is 34.9 Å². The molecule has 1 atom stereocenters. The second-order valence-electron chi connectivity index (χ2n) is 5.01. The summed E-state index contributed by atoms with van der Waals surface area (Å²) in [6.45, 7) is 4.37. The third kappa shape index (κ3) is 2.23. The van der Waals surface area contributed by atoms with Crippen molar-refractivity contribution >= 4 is 0 Å². The predicted molar refractivity (Wildman–Crippen MR) is 64.9 cm³/mol. The van der Waals surface area contributed by atoms with Crippen LogP contribution < -0.4 is 5.73 Å². The van der Waals surface area contributed by atoms with Crippen LogP contribution in [0, 0.1) is 5.92 Å². The maximum atomic E-state index is 6.17. The molecule has 0 amide bonds. The Morgan fingerprint density at radius 2 is 1.73 bits per heavy atom. The molecule has 15 heavy (non-hydrogen) atoms. The van der Waals surface area contributed by atoms with Gasteiger partial charge in [0.1, 0.15) is 0 Å². The number of nitrogens with two attached hydrogens (primary N) is 1. The highest BCUT2D eigenvalue weighted by molar-refractivity contribution is 5.35. The number of fused-ring (bicyclic) bond motifs is 1. The lowest BCUT2D eigenvalue weighted by atomic mass is 9.87. The second kappa shape index (κ2) is 4.36. The van der Waals surface area contributed by atoms with Crippen molar-refractivity contribution in [2.75, 3.05) is 0 Å². The lowest BCUT2D eigenvalue weighted by Gasteiger charge is -2.21. The molecule has 2 N–H and O–H groups in total. The maximum absolute atomic E-state index is 6.17. The fraction of sp³-hybridized carbons (Fsp3) is 0.571. The zero-order chi connectivity index (χ0) is 10.8. The van der Waals surface area contributed by atoms with Crippen LogP contribution in [0.25, 0.3) is 0 Å². The molecule has 1 heteroatoms. The molecule has 1 aliphatic carbocycles. The van der Waals surface area contributed by atoms with Crippen molar-refractivity contribution in [1.29, 1.82) is 0 Å². The molecule has 2 rings (SSSR count). The molecule has 0 saturated heterocycles. The fourth-order valence-electron chi connectivity index (χ4n) is 2.35. The Hall–Kier alpha value is -0.820. The molecule has 1 nitrogen and oxygen atoms in total. The Morgan fingerprint density at radius 1 is 1.07 bits per heavy atom. The van der Waals surface area contributed by atoms with Gasteiger partial charge in [-0.05, 0) is 48.3 Å². The summed E-state index contributed by atoms with van der Waals surface area (Å²) in [6.07, 6.45) is 5.19. The summed E-state index contributed by atoms with van der Waals surface area (Å²) in [5.74, 6) is 0.520. The molecule has 0 spiro atoms. The first-order valence-corrected chi connectivity index (χ1v) is 6.06. The third-order valence-corrected chi connectivity index (χ3v) is 3.48. The van der Waals surface area contributed by atoms with Gasteiger partial charge in [0, 0.05) is 6.04 Å². The number of benzene rings is 1. The SMILES string of the molecule is CC(C)C(N)c1ccc2c(c1)CCCC2. The van der Waals surface area contributed by atoms with Crippen LogP contribution in [0.2, 0.25) is 0 Å². The van der Waals surface area contributed by atoms with E-state index in [4.69, 9.17) is 5.73 Å². The number of hydrogen-bond acceptors (Lipinski definition) is 1. The summed E-state index contributed by atoms with van der Waals surface area (Å²) in [5.41, 5.74) is 10.6. The molecule has 1 unspecified atom stereocenters. The van der Waals surface area contributed by atoms with E-state index < -0.39 is 0 Å². The highest BCUT2D eigenvalue weighted by atomic mass is 14.6. The first kappa shape index (κ1) is 10.7. The van der Waals surface area contributed by atoms with Crippen LogP contribution in [0.4, 0.5) is 0 Å². The van der Waals surface area contributed by atoms with Crippen molar-refractivity contribution < 1.29 is 0 Å². The Bertz CT molecular complexity index is 341. The lowest BCUT2D eigenvalue weighted by molar-refractivity contribution is 0.513. The van der Waals surface area contributed by atoms with Crippen LogP contribution in [0.3, 0.4) is 0 Å². The average molecular weight is 203 g/mol. The molecule has 0 aliphatic heterocycles. The third-order valence-electron chi connectivity index (χ3n) is 3.48. The first-order chi connectivity index (χ1) is 7.18. The molecule has 1 aliphatic rings. The van der Waals surface area contributed by atoms with E-state index in [0.29, 0.717) is 5.92 Å². The molecular formula is C14H21N. The van der Waals surface area contributed by atoms with Gasteiger partial charge in [-0.3, -0.25) is 0 Å². The van der Waals surface area contributed by atoms with Crippen LogP contribution >= 0.6 is 0 Å². The van der Waals surface area contributed by atoms with Crippen LogP contribution in [-0.4, -0.2) is 0 Å². The van der Waals surface area contributed by atoms with Gasteiger partial charge < -0.3 is 5.73 Å². The van der Waals surface area contributed by atoms with Gasteiger partial charge in [-0.1, -0.05) is 32.0 Å². The van der Waals surface area contributed by atoms with Crippen LogP contribution in [0.1, 0.15) is 49.4 Å². The molecule has 1 aromatic carbocycles. The van der Waals surface area contributed by atoms with E-state index in [-0.39, 0.29) is 6.04 Å². The van der Waals surface area contributed by atoms with Gasteiger partial charge in [0.15, 0.2) is 0 Å². The van der Waals surface area contributed by atoms with Gasteiger partial charge in [-0.2, -0.15) is 0 Å². The Kier molecular flexibility index (Phi) is 3.11. The maximum Gasteiger partial charge on any atom is 0.0318 e. The molecule has 0 saturated carbocycles. The minimum Gasteiger partial charge on any atom is -0.324 e. The van der Waals surface area contributed by atoms with E-state index >= 15 is 0 Å². The van der Waals surface area contributed by atoms with E-state index in [2.05, 4.69) is 32.0 Å². The summed E-state index contributed by atoms with van der Waals surface area (Å²) < 4.78 is 0. The standard InChI is InChI=1S/C14H21N/c1-10(2)14(15)13-8-7-11-5-3-4-6-12(11)9-13/h7-10,14H,3-6,15H2,1-2H3. The monoisotopic (exact) mass is 203 g/mol. The van der Waals surface area contributed by atoms with Gasteiger partial charge >= 0.3 is 0 Å². The molecule has 0 radical (unpaired) electrons. The summed E-state index contributed by atoms with van der Waals surface area (Å²) >= 11 is 0. The largest absolute Gasteiger partial charge is 0.324 e. The van der Waals surface area contributed by atoms with E-state index in [1.807, 2.05) is 0 Å². The average Bonchev–Trinajstić information content (AvgIpc) is 2.27. The van der Waals surface area contributed by atoms with Crippen molar-refractivity contribution in [1.82, 2.24) is 0 Å². The minimum atomic E-state index is 0.192. The van der Waals surface area contributed by atoms with Crippen molar-refractivity contribution in [2.45, 2.75) is 45.6 Å². The van der Waals surface area contributed by atoms with Crippen LogP contribution in [0.5, 0.6) is 0 Å². The quantitative estimate of drug-likeness (QED) is 0.784. The summed E-state index contributed by atoms with van der Waals surface area (Å²) in [4.78, 5) is 0. The van der Waals surface area contributed by atoms with Crippen LogP contribution in [0.15, 0.2) is 18.2 Å². The minimum absolute atomic E-state index is 0.192. The van der Waals surface area contributed by atoms with Gasteiger partial charge in [0.2, 0.25) is 0 Å². The summed E-state index contributed by atoms with van der Waals surface area (Å²) in [6, 6.07) is 7.03. The van der Waals surface area contributed by atoms with Crippen molar-refractivity contribution in [3.8, 4) is 0 Å². The summed E-state index contributed by atoms with van der Waals surface area (Å²) in [5, 5.41) is 0. The highest BCUT2D eigenvalue weighted by Crippen LogP contribution is 2.26. The van der Waals surface area contributed by atoms with E-state index in [9.17, 15) is 0 Å². The Morgan fingerprint density at radius 3 is 2.40 bits per heavy atom. The molecule has 0 bridgehead atoms. The molecule has 82 valence electrons. The van der Waals surface area contributed by atoms with Gasteiger partial charge in [0.05, 0.1) is 0 Å². The van der Waals surface area contributed by atoms with E-state index in [1.54, 1.807) is 5.56 Å². The smallest absolute Gasteiger partial charge is 0.0318 e. The normalized spacial score (nSPS) is 17.6. The zero-order valence-electron chi connectivity index (χ0n) is 9.79. The predicted octanol–water partition coefficient (Wildman–Crippen LogP) is 3.22. The molecule has 0 aromatic heterocycles. The number of aryl methyl sites for hydroxylation is 2. The van der Waals surface area contributed by atoms with Gasteiger partial charge in [-0.25, -0.2) is 0 Å². The Balaban J connectivity index is 2.27. The second-order valence-corrected chi connectivity index (χ2v) is 5.01. The Labute approximate surface area is 92.7 Å². The molecular weight excluding hydrogens is 182 g/mol. The highest BCUT2D eigenvalue weighted by Gasteiger charge is 2.14. The van der Waals surface area contributed by atoms with Crippen molar-refractivity contribution in [3.63, 3.8) is 0 Å². The lowest BCUT2D eigenvalue weighted by Crippen LogP contribution is -2.17. The van der Waals surface area contributed by atoms with Gasteiger partial charge in [-0.15, -0.1) is 0 Å².